The molecular formula is C20H31BrOSi3. The summed E-state index contributed by atoms with van der Waals surface area (Å²) >= 11 is 4.44. The van der Waals surface area contributed by atoms with Crippen molar-refractivity contribution in [3.8, 4) is 0 Å². The SMILES string of the molecule is CO[Si](c1ccccc1)(c1ccccc1)C(Br)([Si](C)(C)C)[Si](C)(C)C. The first-order valence-corrected chi connectivity index (χ1v) is 18.6. The van der Waals surface area contributed by atoms with Crippen LogP contribution in [0.5, 0.6) is 0 Å². The predicted molar refractivity (Wildman–Crippen MR) is 123 cm³/mol. The normalized spacial score (nSPS) is 13.8. The first-order valence-electron chi connectivity index (χ1n) is 8.87. The molecule has 1 nitrogen and oxygen atoms in total. The Balaban J connectivity index is 2.97. The third-order valence-electron chi connectivity index (χ3n) is 5.22. The predicted octanol–water partition coefficient (Wildman–Crippen LogP) is 4.82. The summed E-state index contributed by atoms with van der Waals surface area (Å²) in [6.07, 6.45) is 0. The van der Waals surface area contributed by atoms with Crippen molar-refractivity contribution in [3.63, 3.8) is 0 Å². The molecule has 0 aliphatic heterocycles. The molecule has 0 aliphatic rings. The number of hydrogen-bond acceptors (Lipinski definition) is 1. The summed E-state index contributed by atoms with van der Waals surface area (Å²) in [5.41, 5.74) is 0. The van der Waals surface area contributed by atoms with Crippen LogP contribution in [0.25, 0.3) is 0 Å². The number of alkyl halides is 1. The van der Waals surface area contributed by atoms with Gasteiger partial charge in [0.15, 0.2) is 0 Å². The van der Waals surface area contributed by atoms with Gasteiger partial charge in [0.25, 0.3) is 8.32 Å². The molecule has 2 rings (SSSR count). The van der Waals surface area contributed by atoms with Gasteiger partial charge < -0.3 is 4.43 Å². The van der Waals surface area contributed by atoms with E-state index >= 15 is 0 Å². The molecule has 0 spiro atoms. The van der Waals surface area contributed by atoms with Crippen molar-refractivity contribution in [2.24, 2.45) is 0 Å². The van der Waals surface area contributed by atoms with Gasteiger partial charge in [0.05, 0.1) is 16.1 Å². The standard InChI is InChI=1S/C20H31BrOSi3/c1-22-25(18-14-10-8-11-15-18,19-16-12-9-13-17-19)20(21,23(2,3)4)24(5,6)7/h8-17H,1-7H3. The van der Waals surface area contributed by atoms with E-state index in [9.17, 15) is 0 Å². The summed E-state index contributed by atoms with van der Waals surface area (Å²) in [5, 5.41) is 2.73. The zero-order valence-electron chi connectivity index (χ0n) is 16.6. The lowest BCUT2D eigenvalue weighted by atomic mass is 10.4. The molecule has 0 aromatic heterocycles. The summed E-state index contributed by atoms with van der Waals surface area (Å²) in [6, 6.07) is 21.9. The topological polar surface area (TPSA) is 9.23 Å². The third kappa shape index (κ3) is 3.30. The quantitative estimate of drug-likeness (QED) is 0.452. The summed E-state index contributed by atoms with van der Waals surface area (Å²) in [6.45, 7) is 15.0. The minimum atomic E-state index is -2.51. The molecule has 0 fully saturated rings. The molecule has 0 amide bonds. The second kappa shape index (κ2) is 7.27. The lowest BCUT2D eigenvalue weighted by Crippen LogP contribution is -2.85. The van der Waals surface area contributed by atoms with E-state index in [4.69, 9.17) is 4.43 Å². The Morgan fingerprint density at radius 1 is 0.680 bits per heavy atom. The van der Waals surface area contributed by atoms with Crippen molar-refractivity contribution in [1.29, 1.82) is 0 Å². The van der Waals surface area contributed by atoms with E-state index in [-0.39, 0.29) is 3.19 Å². The molecule has 0 aliphatic carbocycles. The van der Waals surface area contributed by atoms with Crippen molar-refractivity contribution < 1.29 is 4.43 Å². The molecule has 0 heterocycles. The molecule has 0 atom stereocenters. The van der Waals surface area contributed by atoms with E-state index < -0.39 is 24.5 Å². The molecule has 2 aromatic carbocycles. The van der Waals surface area contributed by atoms with Gasteiger partial charge in [-0.2, -0.15) is 0 Å². The molecule has 0 unspecified atom stereocenters. The van der Waals surface area contributed by atoms with E-state index in [1.54, 1.807) is 0 Å². The summed E-state index contributed by atoms with van der Waals surface area (Å²) < 4.78 is 6.74. The first-order chi connectivity index (χ1) is 11.5. The van der Waals surface area contributed by atoms with Gasteiger partial charge >= 0.3 is 0 Å². The fourth-order valence-corrected chi connectivity index (χ4v) is 29.3. The highest BCUT2D eigenvalue weighted by Gasteiger charge is 2.67. The van der Waals surface area contributed by atoms with Gasteiger partial charge in [0, 0.05) is 10.3 Å². The zero-order chi connectivity index (χ0) is 18.9. The number of benzene rings is 2. The van der Waals surface area contributed by atoms with Gasteiger partial charge in [-0.15, -0.1) is 0 Å². The van der Waals surface area contributed by atoms with Gasteiger partial charge in [0.2, 0.25) is 0 Å². The van der Waals surface area contributed by atoms with Gasteiger partial charge in [-0.3, -0.25) is 0 Å². The average molecular weight is 452 g/mol. The van der Waals surface area contributed by atoms with E-state index in [2.05, 4.69) is 116 Å². The minimum absolute atomic E-state index is 0.0530. The zero-order valence-corrected chi connectivity index (χ0v) is 21.1. The molecule has 0 radical (unpaired) electrons. The fraction of sp³-hybridized carbons (Fsp3) is 0.400. The van der Waals surface area contributed by atoms with Gasteiger partial charge in [-0.25, -0.2) is 0 Å². The Bertz CT molecular complexity index is 637. The van der Waals surface area contributed by atoms with Gasteiger partial charge in [-0.1, -0.05) is 116 Å². The highest BCUT2D eigenvalue weighted by atomic mass is 79.9. The second-order valence-corrected chi connectivity index (χ2v) is 27.8. The summed E-state index contributed by atoms with van der Waals surface area (Å²) in [4.78, 5) is 0. The average Bonchev–Trinajstić information content (AvgIpc) is 2.56. The molecule has 2 aromatic rings. The smallest absolute Gasteiger partial charge is 0.266 e. The van der Waals surface area contributed by atoms with Gasteiger partial charge in [-0.05, 0) is 10.4 Å². The van der Waals surface area contributed by atoms with Crippen molar-refractivity contribution in [2.75, 3.05) is 7.11 Å². The molecule has 136 valence electrons. The Kier molecular flexibility index (Phi) is 6.06. The van der Waals surface area contributed by atoms with Crippen LogP contribution in [0, 0.1) is 0 Å². The highest BCUT2D eigenvalue weighted by molar-refractivity contribution is 9.12. The molecule has 5 heteroatoms. The monoisotopic (exact) mass is 450 g/mol. The lowest BCUT2D eigenvalue weighted by molar-refractivity contribution is 0.415. The maximum absolute atomic E-state index is 6.69. The van der Waals surface area contributed by atoms with Crippen LogP contribution in [0.1, 0.15) is 0 Å². The molecular weight excluding hydrogens is 420 g/mol. The van der Waals surface area contributed by atoms with Crippen LogP contribution in [0.15, 0.2) is 60.7 Å². The van der Waals surface area contributed by atoms with E-state index in [1.165, 1.54) is 10.4 Å². The molecule has 0 saturated carbocycles. The number of hydrogen-bond donors (Lipinski definition) is 0. The van der Waals surface area contributed by atoms with Crippen molar-refractivity contribution in [1.82, 2.24) is 0 Å². The maximum Gasteiger partial charge on any atom is 0.266 e. The van der Waals surface area contributed by atoms with Crippen LogP contribution < -0.4 is 10.4 Å². The van der Waals surface area contributed by atoms with Crippen molar-refractivity contribution in [2.45, 2.75) is 42.5 Å². The van der Waals surface area contributed by atoms with Crippen LogP contribution >= 0.6 is 15.9 Å². The molecule has 0 N–H and O–H groups in total. The third-order valence-corrected chi connectivity index (χ3v) is 33.2. The van der Waals surface area contributed by atoms with Crippen LogP contribution in [0.4, 0.5) is 0 Å². The summed E-state index contributed by atoms with van der Waals surface area (Å²) in [7, 11) is -3.88. The Labute approximate surface area is 165 Å². The van der Waals surface area contributed by atoms with Crippen LogP contribution in [-0.4, -0.2) is 34.8 Å². The van der Waals surface area contributed by atoms with Crippen molar-refractivity contribution in [3.05, 3.63) is 60.7 Å². The number of rotatable bonds is 6. The Hall–Kier alpha value is -0.469. The Morgan fingerprint density at radius 3 is 1.24 bits per heavy atom. The van der Waals surface area contributed by atoms with Crippen LogP contribution in [0.3, 0.4) is 0 Å². The van der Waals surface area contributed by atoms with Gasteiger partial charge in [0.1, 0.15) is 0 Å². The molecule has 0 bridgehead atoms. The van der Waals surface area contributed by atoms with Crippen LogP contribution in [-0.2, 0) is 4.43 Å². The summed E-state index contributed by atoms with van der Waals surface area (Å²) in [5.74, 6) is 0. The van der Waals surface area contributed by atoms with E-state index in [1.807, 2.05) is 7.11 Å². The van der Waals surface area contributed by atoms with Crippen LogP contribution in [0.2, 0.25) is 39.3 Å². The van der Waals surface area contributed by atoms with E-state index in [0.29, 0.717) is 0 Å². The Morgan fingerprint density at radius 2 is 1.00 bits per heavy atom. The maximum atomic E-state index is 6.69. The van der Waals surface area contributed by atoms with Crippen molar-refractivity contribution >= 4 is 50.8 Å². The lowest BCUT2D eigenvalue weighted by Gasteiger charge is -2.57. The molecule has 25 heavy (non-hydrogen) atoms. The van der Waals surface area contributed by atoms with E-state index in [0.717, 1.165) is 0 Å². The number of halogens is 1. The minimum Gasteiger partial charge on any atom is -0.410 e. The highest BCUT2D eigenvalue weighted by Crippen LogP contribution is 2.46. The largest absolute Gasteiger partial charge is 0.410 e. The fourth-order valence-electron chi connectivity index (χ4n) is 4.47. The molecule has 0 saturated heterocycles. The second-order valence-electron chi connectivity index (χ2n) is 8.78. The first kappa shape index (κ1) is 20.8.